The van der Waals surface area contributed by atoms with E-state index in [1.165, 1.54) is 0 Å². The highest BCUT2D eigenvalue weighted by Gasteiger charge is 2.09. The number of hydrogen-bond acceptors (Lipinski definition) is 3. The van der Waals surface area contributed by atoms with E-state index in [2.05, 4.69) is 0 Å². The van der Waals surface area contributed by atoms with Crippen LogP contribution in [-0.4, -0.2) is 18.1 Å². The average molecular weight is 237 g/mol. The fourth-order valence-electron chi connectivity index (χ4n) is 1.75. The second-order valence-electron chi connectivity index (χ2n) is 4.10. The molecule has 4 heteroatoms. The van der Waals surface area contributed by atoms with Gasteiger partial charge in [0.05, 0.1) is 13.2 Å². The molecule has 1 aromatic carbocycles. The van der Waals surface area contributed by atoms with Crippen LogP contribution in [-0.2, 0) is 4.79 Å². The van der Waals surface area contributed by atoms with Gasteiger partial charge in [0.25, 0.3) is 0 Å². The smallest absolute Gasteiger partial charge is 0.217 e. The number of carbonyl (C=O) groups is 1. The lowest BCUT2D eigenvalue weighted by molar-refractivity contribution is -0.118. The van der Waals surface area contributed by atoms with Crippen LogP contribution in [0.4, 0.5) is 0 Å². The van der Waals surface area contributed by atoms with Gasteiger partial charge in [0.15, 0.2) is 0 Å². The molecule has 1 atom stereocenters. The maximum Gasteiger partial charge on any atom is 0.217 e. The number of primary amides is 1. The van der Waals surface area contributed by atoms with Crippen LogP contribution in [0.1, 0.15) is 36.5 Å². The Hall–Kier alpha value is -1.55. The fraction of sp³-hybridized carbons (Fsp3) is 0.462. The number of aliphatic hydroxyl groups excluding tert-OH is 1. The number of benzene rings is 1. The second-order valence-corrected chi connectivity index (χ2v) is 4.10. The van der Waals surface area contributed by atoms with E-state index < -0.39 is 6.10 Å². The minimum Gasteiger partial charge on any atom is -0.496 e. The predicted octanol–water partition coefficient (Wildman–Crippen LogP) is 1.69. The fourth-order valence-corrected chi connectivity index (χ4v) is 1.75. The zero-order valence-electron chi connectivity index (χ0n) is 10.3. The summed E-state index contributed by atoms with van der Waals surface area (Å²) in [4.78, 5) is 10.6. The molecule has 3 N–H and O–H groups in total. The summed E-state index contributed by atoms with van der Waals surface area (Å²) in [6.07, 6.45) is 0.890. The normalized spacial score (nSPS) is 12.2. The van der Waals surface area contributed by atoms with E-state index in [1.807, 2.05) is 25.1 Å². The molecule has 17 heavy (non-hydrogen) atoms. The second kappa shape index (κ2) is 6.25. The highest BCUT2D eigenvalue weighted by atomic mass is 16.5. The van der Waals surface area contributed by atoms with E-state index in [9.17, 15) is 9.90 Å². The van der Waals surface area contributed by atoms with Crippen molar-refractivity contribution in [2.45, 2.75) is 32.3 Å². The van der Waals surface area contributed by atoms with Crippen molar-refractivity contribution in [1.82, 2.24) is 0 Å². The summed E-state index contributed by atoms with van der Waals surface area (Å²) in [5, 5.41) is 9.93. The Morgan fingerprint density at radius 3 is 2.76 bits per heavy atom. The van der Waals surface area contributed by atoms with Crippen molar-refractivity contribution >= 4 is 5.91 Å². The highest BCUT2D eigenvalue weighted by Crippen LogP contribution is 2.25. The molecular formula is C13H19NO3. The van der Waals surface area contributed by atoms with Crippen LogP contribution in [0.5, 0.6) is 5.75 Å². The average Bonchev–Trinajstić information content (AvgIpc) is 2.28. The topological polar surface area (TPSA) is 72.6 Å². The van der Waals surface area contributed by atoms with E-state index in [0.717, 1.165) is 16.9 Å². The SMILES string of the molecule is COc1ccc(C(O)CCCC(N)=O)cc1C. The first-order valence-corrected chi connectivity index (χ1v) is 5.65. The summed E-state index contributed by atoms with van der Waals surface area (Å²) in [7, 11) is 1.62. The lowest BCUT2D eigenvalue weighted by Crippen LogP contribution is -2.10. The minimum atomic E-state index is -0.557. The van der Waals surface area contributed by atoms with Gasteiger partial charge >= 0.3 is 0 Å². The Morgan fingerprint density at radius 2 is 2.24 bits per heavy atom. The maximum absolute atomic E-state index is 10.6. The monoisotopic (exact) mass is 237 g/mol. The molecule has 94 valence electrons. The first-order valence-electron chi connectivity index (χ1n) is 5.65. The summed E-state index contributed by atoms with van der Waals surface area (Å²) in [6, 6.07) is 5.57. The highest BCUT2D eigenvalue weighted by molar-refractivity contribution is 5.73. The molecule has 1 unspecified atom stereocenters. The number of amides is 1. The predicted molar refractivity (Wildman–Crippen MR) is 65.7 cm³/mol. The number of ether oxygens (including phenoxy) is 1. The van der Waals surface area contributed by atoms with Gasteiger partial charge in [0.2, 0.25) is 5.91 Å². The first-order chi connectivity index (χ1) is 8.04. The Balaban J connectivity index is 2.59. The van der Waals surface area contributed by atoms with Crippen LogP contribution in [0.3, 0.4) is 0 Å². The Bertz CT molecular complexity index is 390. The molecule has 0 saturated heterocycles. The molecule has 1 amide bonds. The van der Waals surface area contributed by atoms with Crippen molar-refractivity contribution in [3.05, 3.63) is 29.3 Å². The van der Waals surface area contributed by atoms with Crippen LogP contribution < -0.4 is 10.5 Å². The van der Waals surface area contributed by atoms with Gasteiger partial charge in [-0.15, -0.1) is 0 Å². The van der Waals surface area contributed by atoms with Gasteiger partial charge in [-0.3, -0.25) is 4.79 Å². The summed E-state index contributed by atoms with van der Waals surface area (Å²) < 4.78 is 5.15. The van der Waals surface area contributed by atoms with Crippen LogP contribution in [0.15, 0.2) is 18.2 Å². The summed E-state index contributed by atoms with van der Waals surface area (Å²) in [6.45, 7) is 1.93. The van der Waals surface area contributed by atoms with E-state index in [-0.39, 0.29) is 5.91 Å². The van der Waals surface area contributed by atoms with Gasteiger partial charge in [-0.05, 0) is 43.0 Å². The van der Waals surface area contributed by atoms with E-state index in [4.69, 9.17) is 10.5 Å². The van der Waals surface area contributed by atoms with Gasteiger partial charge in [0.1, 0.15) is 5.75 Å². The van der Waals surface area contributed by atoms with Crippen molar-refractivity contribution < 1.29 is 14.6 Å². The number of nitrogens with two attached hydrogens (primary N) is 1. The molecule has 0 aliphatic heterocycles. The lowest BCUT2D eigenvalue weighted by atomic mass is 10.0. The van der Waals surface area contributed by atoms with E-state index in [0.29, 0.717) is 19.3 Å². The maximum atomic E-state index is 10.6. The minimum absolute atomic E-state index is 0.312. The van der Waals surface area contributed by atoms with Crippen molar-refractivity contribution in [3.8, 4) is 5.75 Å². The van der Waals surface area contributed by atoms with Gasteiger partial charge in [-0.2, -0.15) is 0 Å². The van der Waals surface area contributed by atoms with Gasteiger partial charge < -0.3 is 15.6 Å². The number of aryl methyl sites for hydroxylation is 1. The molecule has 0 spiro atoms. The first kappa shape index (κ1) is 13.5. The summed E-state index contributed by atoms with van der Waals surface area (Å²) >= 11 is 0. The third-order valence-electron chi connectivity index (χ3n) is 2.70. The number of aliphatic hydroxyl groups is 1. The Labute approximate surface area is 101 Å². The molecule has 4 nitrogen and oxygen atoms in total. The number of rotatable bonds is 6. The van der Waals surface area contributed by atoms with Crippen molar-refractivity contribution in [1.29, 1.82) is 0 Å². The van der Waals surface area contributed by atoms with E-state index in [1.54, 1.807) is 7.11 Å². The molecule has 0 aliphatic rings. The van der Waals surface area contributed by atoms with Crippen LogP contribution in [0.25, 0.3) is 0 Å². The number of methoxy groups -OCH3 is 1. The molecule has 0 aliphatic carbocycles. The van der Waals surface area contributed by atoms with Crippen LogP contribution in [0, 0.1) is 6.92 Å². The van der Waals surface area contributed by atoms with Crippen LogP contribution in [0.2, 0.25) is 0 Å². The molecule has 1 aromatic rings. The van der Waals surface area contributed by atoms with Gasteiger partial charge in [-0.1, -0.05) is 6.07 Å². The van der Waals surface area contributed by atoms with E-state index >= 15 is 0 Å². The zero-order valence-corrected chi connectivity index (χ0v) is 10.3. The largest absolute Gasteiger partial charge is 0.496 e. The molecular weight excluding hydrogens is 218 g/mol. The zero-order chi connectivity index (χ0) is 12.8. The summed E-state index contributed by atoms with van der Waals surface area (Å²) in [5.41, 5.74) is 6.87. The molecule has 0 saturated carbocycles. The third kappa shape index (κ3) is 4.07. The molecule has 0 bridgehead atoms. The lowest BCUT2D eigenvalue weighted by Gasteiger charge is -2.12. The van der Waals surface area contributed by atoms with Crippen molar-refractivity contribution in [2.75, 3.05) is 7.11 Å². The molecule has 0 aromatic heterocycles. The Morgan fingerprint density at radius 1 is 1.53 bits per heavy atom. The van der Waals surface area contributed by atoms with Gasteiger partial charge in [-0.25, -0.2) is 0 Å². The van der Waals surface area contributed by atoms with Crippen molar-refractivity contribution in [2.24, 2.45) is 5.73 Å². The molecule has 0 radical (unpaired) electrons. The molecule has 0 fully saturated rings. The number of carbonyl (C=O) groups excluding carboxylic acids is 1. The van der Waals surface area contributed by atoms with Crippen molar-refractivity contribution in [3.63, 3.8) is 0 Å². The summed E-state index contributed by atoms with van der Waals surface area (Å²) in [5.74, 6) is 0.473. The molecule has 0 heterocycles. The van der Waals surface area contributed by atoms with Crippen LogP contribution >= 0.6 is 0 Å². The van der Waals surface area contributed by atoms with Gasteiger partial charge in [0, 0.05) is 6.42 Å². The Kier molecular flexibility index (Phi) is 4.97. The number of hydrogen-bond donors (Lipinski definition) is 2. The standard InChI is InChI=1S/C13H19NO3/c1-9-8-10(6-7-12(9)17-2)11(15)4-3-5-13(14)16/h6-8,11,15H,3-5H2,1-2H3,(H2,14,16). The molecule has 1 rings (SSSR count). The quantitative estimate of drug-likeness (QED) is 0.790. The third-order valence-corrected chi connectivity index (χ3v) is 2.70.